The number of methoxy groups -OCH3 is 1. The quantitative estimate of drug-likeness (QED) is 0.829. The highest BCUT2D eigenvalue weighted by atomic mass is 19.3. The zero-order valence-electron chi connectivity index (χ0n) is 9.74. The summed E-state index contributed by atoms with van der Waals surface area (Å²) in [6.07, 6.45) is -3.14. The summed E-state index contributed by atoms with van der Waals surface area (Å²) in [5, 5.41) is 8.94. The first-order chi connectivity index (χ1) is 8.54. The van der Waals surface area contributed by atoms with Crippen LogP contribution in [0.1, 0.15) is 28.7 Å². The molecule has 0 saturated carbocycles. The lowest BCUT2D eigenvalue weighted by molar-refractivity contribution is -0.139. The molecule has 1 aromatic carbocycles. The van der Waals surface area contributed by atoms with Crippen LogP contribution in [0.4, 0.5) is 8.78 Å². The first-order valence-corrected chi connectivity index (χ1v) is 5.14. The number of halogens is 2. The second-order valence-corrected chi connectivity index (χ2v) is 3.54. The minimum absolute atomic E-state index is 0.0128. The molecule has 1 aromatic rings. The number of hydrogen-bond donors (Lipinski definition) is 1. The number of rotatable bonds is 4. The van der Waals surface area contributed by atoms with Crippen molar-refractivity contribution < 1.29 is 18.3 Å². The summed E-state index contributed by atoms with van der Waals surface area (Å²) in [6.45, 7) is -0.0128. The first kappa shape index (κ1) is 14.1. The highest BCUT2D eigenvalue weighted by molar-refractivity contribution is 5.73. The van der Waals surface area contributed by atoms with Crippen molar-refractivity contribution in [2.75, 3.05) is 7.11 Å². The summed E-state index contributed by atoms with van der Waals surface area (Å²) >= 11 is 0. The molecule has 0 fully saturated rings. The van der Waals surface area contributed by atoms with Gasteiger partial charge in [0.2, 0.25) is 0 Å². The molecule has 0 aromatic heterocycles. The number of nitrogens with two attached hydrogens (primary N) is 1. The number of carbonyl (C=O) groups excluding carboxylic acids is 1. The van der Waals surface area contributed by atoms with Crippen molar-refractivity contribution in [2.24, 2.45) is 5.73 Å². The Kier molecular flexibility index (Phi) is 4.75. The first-order valence-electron chi connectivity index (χ1n) is 5.14. The van der Waals surface area contributed by atoms with Gasteiger partial charge in [0.1, 0.15) is 0 Å². The number of carbonyl (C=O) groups is 1. The van der Waals surface area contributed by atoms with Crippen LogP contribution in [-0.4, -0.2) is 13.1 Å². The van der Waals surface area contributed by atoms with Crippen LogP contribution >= 0.6 is 0 Å². The van der Waals surface area contributed by atoms with E-state index in [0.717, 1.165) is 0 Å². The molecular formula is C12H12F2N2O2. The highest BCUT2D eigenvalue weighted by Gasteiger charge is 2.22. The monoisotopic (exact) mass is 254 g/mol. The maximum atomic E-state index is 13.0. The summed E-state index contributed by atoms with van der Waals surface area (Å²) in [5.41, 5.74) is 5.21. The standard InChI is InChI=1S/C12H12F2N2O2/c1-18-10(17)4-7-2-3-8(5-15)9(6-16)11(7)12(13)14/h2-3,12H,4-5,15H2,1H3. The van der Waals surface area contributed by atoms with Crippen molar-refractivity contribution in [3.63, 3.8) is 0 Å². The van der Waals surface area contributed by atoms with Crippen molar-refractivity contribution in [2.45, 2.75) is 19.4 Å². The van der Waals surface area contributed by atoms with Gasteiger partial charge in [-0.3, -0.25) is 4.79 Å². The lowest BCUT2D eigenvalue weighted by Crippen LogP contribution is -2.11. The Morgan fingerprint density at radius 2 is 2.11 bits per heavy atom. The number of benzene rings is 1. The third-order valence-corrected chi connectivity index (χ3v) is 2.53. The Morgan fingerprint density at radius 1 is 1.50 bits per heavy atom. The van der Waals surface area contributed by atoms with E-state index in [-0.39, 0.29) is 24.1 Å². The summed E-state index contributed by atoms with van der Waals surface area (Å²) < 4.78 is 30.4. The molecule has 1 rings (SSSR count). The smallest absolute Gasteiger partial charge is 0.309 e. The topological polar surface area (TPSA) is 76.1 Å². The molecule has 96 valence electrons. The normalized spacial score (nSPS) is 10.2. The fourth-order valence-electron chi connectivity index (χ4n) is 1.64. The van der Waals surface area contributed by atoms with Crippen LogP contribution in [0.5, 0.6) is 0 Å². The second kappa shape index (κ2) is 6.07. The van der Waals surface area contributed by atoms with Gasteiger partial charge in [0.25, 0.3) is 6.43 Å². The number of nitriles is 1. The minimum Gasteiger partial charge on any atom is -0.469 e. The second-order valence-electron chi connectivity index (χ2n) is 3.54. The molecule has 0 aliphatic carbocycles. The van der Waals surface area contributed by atoms with Gasteiger partial charge in [0.05, 0.1) is 25.2 Å². The molecule has 0 amide bonds. The van der Waals surface area contributed by atoms with Crippen molar-refractivity contribution in [1.29, 1.82) is 5.26 Å². The molecule has 0 atom stereocenters. The predicted octanol–water partition coefficient (Wildman–Crippen LogP) is 1.67. The van der Waals surface area contributed by atoms with E-state index in [1.54, 1.807) is 6.07 Å². The predicted molar refractivity (Wildman–Crippen MR) is 59.7 cm³/mol. The molecule has 0 bridgehead atoms. The lowest BCUT2D eigenvalue weighted by atomic mass is 9.95. The molecule has 18 heavy (non-hydrogen) atoms. The number of nitrogens with zero attached hydrogens (tertiary/aromatic N) is 1. The molecule has 0 unspecified atom stereocenters. The summed E-state index contributed by atoms with van der Waals surface area (Å²) in [7, 11) is 1.17. The Bertz CT molecular complexity index is 496. The average Bonchev–Trinajstić information content (AvgIpc) is 2.37. The van der Waals surface area contributed by atoms with Crippen molar-refractivity contribution in [1.82, 2.24) is 0 Å². The van der Waals surface area contributed by atoms with Crippen LogP contribution < -0.4 is 5.73 Å². The highest BCUT2D eigenvalue weighted by Crippen LogP contribution is 2.29. The van der Waals surface area contributed by atoms with Gasteiger partial charge in [-0.05, 0) is 11.1 Å². The third-order valence-electron chi connectivity index (χ3n) is 2.53. The average molecular weight is 254 g/mol. The maximum Gasteiger partial charge on any atom is 0.309 e. The summed E-state index contributed by atoms with van der Waals surface area (Å²) in [5.74, 6) is -0.638. The van der Waals surface area contributed by atoms with Crippen LogP contribution in [0.3, 0.4) is 0 Å². The van der Waals surface area contributed by atoms with Gasteiger partial charge >= 0.3 is 5.97 Å². The third kappa shape index (κ3) is 2.81. The molecule has 0 radical (unpaired) electrons. The molecule has 0 aliphatic rings. The van der Waals surface area contributed by atoms with E-state index in [0.29, 0.717) is 5.56 Å². The Balaban J connectivity index is 3.36. The Hall–Kier alpha value is -2.00. The number of ether oxygens (including phenoxy) is 1. The zero-order valence-corrected chi connectivity index (χ0v) is 9.74. The number of alkyl halides is 2. The van der Waals surface area contributed by atoms with Gasteiger partial charge in [0, 0.05) is 12.1 Å². The summed E-state index contributed by atoms with van der Waals surface area (Å²) in [4.78, 5) is 11.1. The molecule has 0 spiro atoms. The number of hydrogen-bond acceptors (Lipinski definition) is 4. The molecule has 0 saturated heterocycles. The SMILES string of the molecule is COC(=O)Cc1ccc(CN)c(C#N)c1C(F)F. The zero-order chi connectivity index (χ0) is 13.7. The van der Waals surface area contributed by atoms with E-state index in [1.807, 2.05) is 0 Å². The van der Waals surface area contributed by atoms with Crippen LogP contribution in [0.15, 0.2) is 12.1 Å². The summed E-state index contributed by atoms with van der Waals surface area (Å²) in [6, 6.07) is 4.57. The lowest BCUT2D eigenvalue weighted by Gasteiger charge is -2.12. The molecule has 0 heterocycles. The molecule has 6 heteroatoms. The van der Waals surface area contributed by atoms with Crippen LogP contribution in [-0.2, 0) is 22.5 Å². The van der Waals surface area contributed by atoms with E-state index in [9.17, 15) is 13.6 Å². The Morgan fingerprint density at radius 3 is 2.56 bits per heavy atom. The number of esters is 1. The maximum absolute atomic E-state index is 13.0. The molecule has 2 N–H and O–H groups in total. The largest absolute Gasteiger partial charge is 0.469 e. The van der Waals surface area contributed by atoms with Gasteiger partial charge in [0.15, 0.2) is 0 Å². The van der Waals surface area contributed by atoms with E-state index in [2.05, 4.69) is 4.74 Å². The molecular weight excluding hydrogens is 242 g/mol. The molecule has 0 aliphatic heterocycles. The fraction of sp³-hybridized carbons (Fsp3) is 0.333. The van der Waals surface area contributed by atoms with Crippen LogP contribution in [0.25, 0.3) is 0 Å². The van der Waals surface area contributed by atoms with Crippen LogP contribution in [0, 0.1) is 11.3 Å². The Labute approximate surface area is 103 Å². The van der Waals surface area contributed by atoms with Crippen molar-refractivity contribution in [3.05, 3.63) is 34.4 Å². The van der Waals surface area contributed by atoms with Crippen molar-refractivity contribution in [3.8, 4) is 6.07 Å². The van der Waals surface area contributed by atoms with E-state index < -0.39 is 18.0 Å². The minimum atomic E-state index is -2.84. The van der Waals surface area contributed by atoms with E-state index in [1.165, 1.54) is 19.2 Å². The van der Waals surface area contributed by atoms with Crippen molar-refractivity contribution >= 4 is 5.97 Å². The van der Waals surface area contributed by atoms with Gasteiger partial charge in [-0.15, -0.1) is 0 Å². The van der Waals surface area contributed by atoms with Crippen LogP contribution in [0.2, 0.25) is 0 Å². The fourth-order valence-corrected chi connectivity index (χ4v) is 1.64. The van der Waals surface area contributed by atoms with E-state index >= 15 is 0 Å². The van der Waals surface area contributed by atoms with Gasteiger partial charge < -0.3 is 10.5 Å². The van der Waals surface area contributed by atoms with E-state index in [4.69, 9.17) is 11.0 Å². The van der Waals surface area contributed by atoms with Gasteiger partial charge in [-0.2, -0.15) is 5.26 Å². The van der Waals surface area contributed by atoms with Gasteiger partial charge in [-0.25, -0.2) is 8.78 Å². The van der Waals surface area contributed by atoms with Gasteiger partial charge in [-0.1, -0.05) is 12.1 Å². The molecule has 4 nitrogen and oxygen atoms in total.